The van der Waals surface area contributed by atoms with Crippen molar-refractivity contribution in [3.8, 4) is 0 Å². The molecular formula is C57H106O6. The summed E-state index contributed by atoms with van der Waals surface area (Å²) in [7, 11) is 0. The number of carbonyl (C=O) groups is 3. The van der Waals surface area contributed by atoms with Crippen LogP contribution < -0.4 is 0 Å². The first-order chi connectivity index (χ1) is 31.0. The number of hydrogen-bond acceptors (Lipinski definition) is 6. The molecule has 1 atom stereocenters. The Balaban J connectivity index is 4.30. The molecule has 0 bridgehead atoms. The van der Waals surface area contributed by atoms with Gasteiger partial charge in [0.2, 0.25) is 0 Å². The summed E-state index contributed by atoms with van der Waals surface area (Å²) in [6.07, 6.45) is 60.2. The van der Waals surface area contributed by atoms with Crippen molar-refractivity contribution in [3.63, 3.8) is 0 Å². The quantitative estimate of drug-likeness (QED) is 0.0262. The molecule has 0 rings (SSSR count). The fraction of sp³-hybridized carbons (Fsp3) is 0.877. The highest BCUT2D eigenvalue weighted by Gasteiger charge is 2.19. The van der Waals surface area contributed by atoms with Crippen LogP contribution in [0, 0.1) is 0 Å². The van der Waals surface area contributed by atoms with Crippen LogP contribution in [0.1, 0.15) is 303 Å². The largest absolute Gasteiger partial charge is 0.462 e. The minimum atomic E-state index is -0.771. The van der Waals surface area contributed by atoms with Crippen LogP contribution in [0.3, 0.4) is 0 Å². The van der Waals surface area contributed by atoms with Crippen molar-refractivity contribution < 1.29 is 28.6 Å². The third-order valence-corrected chi connectivity index (χ3v) is 12.4. The minimum Gasteiger partial charge on any atom is -0.462 e. The lowest BCUT2D eigenvalue weighted by Crippen LogP contribution is -2.30. The van der Waals surface area contributed by atoms with Gasteiger partial charge in [-0.2, -0.15) is 0 Å². The number of unbranched alkanes of at least 4 members (excludes halogenated alkanes) is 36. The van der Waals surface area contributed by atoms with Crippen molar-refractivity contribution in [1.29, 1.82) is 0 Å². The maximum Gasteiger partial charge on any atom is 0.306 e. The summed E-state index contributed by atoms with van der Waals surface area (Å²) in [6, 6.07) is 0. The van der Waals surface area contributed by atoms with Gasteiger partial charge in [-0.15, -0.1) is 0 Å². The number of esters is 3. The van der Waals surface area contributed by atoms with E-state index in [-0.39, 0.29) is 31.1 Å². The van der Waals surface area contributed by atoms with Gasteiger partial charge in [0, 0.05) is 19.3 Å². The molecule has 6 nitrogen and oxygen atoms in total. The zero-order valence-corrected chi connectivity index (χ0v) is 42.4. The van der Waals surface area contributed by atoms with E-state index in [4.69, 9.17) is 14.2 Å². The smallest absolute Gasteiger partial charge is 0.306 e. The molecule has 0 amide bonds. The topological polar surface area (TPSA) is 78.9 Å². The van der Waals surface area contributed by atoms with E-state index in [1.807, 2.05) is 0 Å². The van der Waals surface area contributed by atoms with Gasteiger partial charge < -0.3 is 14.2 Å². The molecule has 0 heterocycles. The zero-order chi connectivity index (χ0) is 45.8. The standard InChI is InChI=1S/C57H106O6/c1-4-7-10-13-16-19-22-24-26-27-28-29-31-32-35-38-41-44-47-50-56(59)62-53-54(52-61-55(58)49-46-43-40-37-34-21-18-15-12-9-6-3)63-57(60)51-48-45-42-39-36-33-30-25-23-20-17-14-11-8-5-2/h24-26,30,54H,4-23,27-29,31-53H2,1-3H3/b26-24-,30-25-/t54-/m0/s1. The summed E-state index contributed by atoms with van der Waals surface area (Å²) in [5.41, 5.74) is 0. The molecule has 0 spiro atoms. The lowest BCUT2D eigenvalue weighted by atomic mass is 10.1. The first-order valence-corrected chi connectivity index (χ1v) is 27.8. The summed E-state index contributed by atoms with van der Waals surface area (Å²) < 4.78 is 16.8. The Morgan fingerprint density at radius 3 is 0.794 bits per heavy atom. The Kier molecular flexibility index (Phi) is 50.8. The van der Waals surface area contributed by atoms with E-state index in [1.165, 1.54) is 199 Å². The van der Waals surface area contributed by atoms with Crippen molar-refractivity contribution in [2.45, 2.75) is 309 Å². The monoisotopic (exact) mass is 887 g/mol. The average molecular weight is 887 g/mol. The summed E-state index contributed by atoms with van der Waals surface area (Å²) in [6.45, 7) is 6.65. The number of hydrogen-bond donors (Lipinski definition) is 0. The summed E-state index contributed by atoms with van der Waals surface area (Å²) >= 11 is 0. The van der Waals surface area contributed by atoms with Crippen molar-refractivity contribution in [1.82, 2.24) is 0 Å². The normalized spacial score (nSPS) is 12.1. The van der Waals surface area contributed by atoms with Crippen LogP contribution in [-0.4, -0.2) is 37.2 Å². The number of carbonyl (C=O) groups excluding carboxylic acids is 3. The summed E-state index contributed by atoms with van der Waals surface area (Å²) in [5.74, 6) is -0.867. The van der Waals surface area contributed by atoms with Gasteiger partial charge in [0.1, 0.15) is 13.2 Å². The first kappa shape index (κ1) is 60.9. The predicted octanol–water partition coefficient (Wildman–Crippen LogP) is 18.3. The molecule has 0 fully saturated rings. The Labute approximate surface area is 392 Å². The summed E-state index contributed by atoms with van der Waals surface area (Å²) in [5, 5.41) is 0. The van der Waals surface area contributed by atoms with Gasteiger partial charge in [-0.3, -0.25) is 14.4 Å². The number of allylic oxidation sites excluding steroid dienone is 4. The number of rotatable bonds is 51. The fourth-order valence-electron chi connectivity index (χ4n) is 8.20. The van der Waals surface area contributed by atoms with Crippen LogP contribution >= 0.6 is 0 Å². The predicted molar refractivity (Wildman–Crippen MR) is 270 cm³/mol. The van der Waals surface area contributed by atoms with E-state index in [2.05, 4.69) is 45.1 Å². The molecule has 0 aliphatic carbocycles. The van der Waals surface area contributed by atoms with Gasteiger partial charge in [-0.25, -0.2) is 0 Å². The van der Waals surface area contributed by atoms with Gasteiger partial charge in [-0.1, -0.05) is 238 Å². The zero-order valence-electron chi connectivity index (χ0n) is 42.4. The van der Waals surface area contributed by atoms with E-state index in [0.717, 1.165) is 64.2 Å². The van der Waals surface area contributed by atoms with Crippen LogP contribution in [0.5, 0.6) is 0 Å². The highest BCUT2D eigenvalue weighted by molar-refractivity contribution is 5.71. The molecule has 370 valence electrons. The first-order valence-electron chi connectivity index (χ1n) is 27.8. The van der Waals surface area contributed by atoms with Gasteiger partial charge >= 0.3 is 17.9 Å². The molecule has 0 aromatic heterocycles. The molecule has 0 saturated carbocycles. The summed E-state index contributed by atoms with van der Waals surface area (Å²) in [4.78, 5) is 38.0. The second-order valence-corrected chi connectivity index (χ2v) is 18.8. The molecule has 0 aliphatic rings. The molecule has 63 heavy (non-hydrogen) atoms. The molecule has 6 heteroatoms. The van der Waals surface area contributed by atoms with Crippen LogP contribution in [0.4, 0.5) is 0 Å². The lowest BCUT2D eigenvalue weighted by molar-refractivity contribution is -0.167. The van der Waals surface area contributed by atoms with E-state index in [1.54, 1.807) is 0 Å². The molecule has 0 aromatic rings. The van der Waals surface area contributed by atoms with Gasteiger partial charge in [0.25, 0.3) is 0 Å². The van der Waals surface area contributed by atoms with Crippen molar-refractivity contribution in [3.05, 3.63) is 24.3 Å². The third kappa shape index (κ3) is 50.7. The molecule has 0 N–H and O–H groups in total. The van der Waals surface area contributed by atoms with Crippen LogP contribution in [0.15, 0.2) is 24.3 Å². The average Bonchev–Trinajstić information content (AvgIpc) is 3.28. The van der Waals surface area contributed by atoms with Crippen molar-refractivity contribution in [2.75, 3.05) is 13.2 Å². The molecule has 0 aromatic carbocycles. The van der Waals surface area contributed by atoms with E-state index < -0.39 is 6.10 Å². The van der Waals surface area contributed by atoms with Gasteiger partial charge in [-0.05, 0) is 70.6 Å². The third-order valence-electron chi connectivity index (χ3n) is 12.4. The molecular weight excluding hydrogens is 781 g/mol. The second-order valence-electron chi connectivity index (χ2n) is 18.8. The van der Waals surface area contributed by atoms with Gasteiger partial charge in [0.05, 0.1) is 0 Å². The Morgan fingerprint density at radius 2 is 0.524 bits per heavy atom. The van der Waals surface area contributed by atoms with E-state index in [0.29, 0.717) is 19.3 Å². The lowest BCUT2D eigenvalue weighted by Gasteiger charge is -2.18. The van der Waals surface area contributed by atoms with E-state index >= 15 is 0 Å². The molecule has 0 unspecified atom stereocenters. The maximum atomic E-state index is 12.8. The van der Waals surface area contributed by atoms with Crippen LogP contribution in [-0.2, 0) is 28.6 Å². The minimum absolute atomic E-state index is 0.0712. The second kappa shape index (κ2) is 52.5. The Bertz CT molecular complexity index is 1020. The molecule has 0 saturated heterocycles. The SMILES string of the molecule is CCCCCCCC/C=C\CCCCCCCCCCCC(=O)OC[C@H](COC(=O)CCCCCCCCCCCCC)OC(=O)CCCCCCC/C=C\CCCCCCCC. The van der Waals surface area contributed by atoms with Crippen molar-refractivity contribution >= 4 is 17.9 Å². The molecule has 0 radical (unpaired) electrons. The fourth-order valence-corrected chi connectivity index (χ4v) is 8.20. The van der Waals surface area contributed by atoms with Gasteiger partial charge in [0.15, 0.2) is 6.10 Å². The Hall–Kier alpha value is -2.11. The van der Waals surface area contributed by atoms with Crippen molar-refractivity contribution in [2.24, 2.45) is 0 Å². The van der Waals surface area contributed by atoms with E-state index in [9.17, 15) is 14.4 Å². The number of ether oxygens (including phenoxy) is 3. The highest BCUT2D eigenvalue weighted by atomic mass is 16.6. The maximum absolute atomic E-state index is 12.8. The molecule has 0 aliphatic heterocycles. The Morgan fingerprint density at radius 1 is 0.302 bits per heavy atom. The van der Waals surface area contributed by atoms with Crippen LogP contribution in [0.25, 0.3) is 0 Å². The highest BCUT2D eigenvalue weighted by Crippen LogP contribution is 2.16. The van der Waals surface area contributed by atoms with Crippen LogP contribution in [0.2, 0.25) is 0 Å².